The fraction of sp³-hybridized carbons (Fsp3) is 0.167. The number of carbonyl (C=O) groups is 1. The van der Waals surface area contributed by atoms with Gasteiger partial charge in [-0.15, -0.1) is 0 Å². The van der Waals surface area contributed by atoms with Gasteiger partial charge in [0.15, 0.2) is 4.90 Å². The van der Waals surface area contributed by atoms with E-state index in [1.54, 1.807) is 0 Å². The fourth-order valence-electron chi connectivity index (χ4n) is 3.01. The molecule has 0 spiro atoms. The second-order valence-electron chi connectivity index (χ2n) is 6.27. The SMILES string of the molecule is Cc1ccc(C2=C(c3cc(F)c(S(N)(=O)=O)c(F)c3)COC2=O)cc1C(F)(F)F. The van der Waals surface area contributed by atoms with Crippen molar-refractivity contribution < 1.29 is 39.9 Å². The third-order valence-corrected chi connectivity index (χ3v) is 5.28. The monoisotopic (exact) mass is 433 g/mol. The summed E-state index contributed by atoms with van der Waals surface area (Å²) in [5.74, 6) is -3.99. The average molecular weight is 433 g/mol. The number of ether oxygens (including phenoxy) is 1. The highest BCUT2D eigenvalue weighted by molar-refractivity contribution is 7.89. The van der Waals surface area contributed by atoms with Gasteiger partial charge in [0, 0.05) is 5.57 Å². The van der Waals surface area contributed by atoms with E-state index in [0.717, 1.165) is 12.1 Å². The number of rotatable bonds is 3. The first-order chi connectivity index (χ1) is 13.3. The quantitative estimate of drug-likeness (QED) is 0.594. The van der Waals surface area contributed by atoms with Crippen LogP contribution in [0.4, 0.5) is 22.0 Å². The predicted molar refractivity (Wildman–Crippen MR) is 91.7 cm³/mol. The normalized spacial score (nSPS) is 15.1. The molecule has 0 atom stereocenters. The van der Waals surface area contributed by atoms with Gasteiger partial charge in [0.2, 0.25) is 10.0 Å². The van der Waals surface area contributed by atoms with E-state index in [-0.39, 0.29) is 27.8 Å². The van der Waals surface area contributed by atoms with Crippen LogP contribution in [-0.4, -0.2) is 21.0 Å². The summed E-state index contributed by atoms with van der Waals surface area (Å²) in [7, 11) is -4.70. The first-order valence-electron chi connectivity index (χ1n) is 7.91. The highest BCUT2D eigenvalue weighted by atomic mass is 32.2. The number of nitrogens with two attached hydrogens (primary N) is 1. The van der Waals surface area contributed by atoms with Crippen LogP contribution in [0.5, 0.6) is 0 Å². The number of primary sulfonamides is 1. The van der Waals surface area contributed by atoms with Crippen molar-refractivity contribution in [2.45, 2.75) is 18.0 Å². The van der Waals surface area contributed by atoms with E-state index in [4.69, 9.17) is 9.88 Å². The molecule has 0 bridgehead atoms. The van der Waals surface area contributed by atoms with Crippen molar-refractivity contribution >= 4 is 27.1 Å². The molecule has 0 saturated heterocycles. The van der Waals surface area contributed by atoms with E-state index in [1.165, 1.54) is 13.0 Å². The van der Waals surface area contributed by atoms with Crippen LogP contribution in [0.2, 0.25) is 0 Å². The van der Waals surface area contributed by atoms with E-state index >= 15 is 0 Å². The third kappa shape index (κ3) is 3.87. The topological polar surface area (TPSA) is 86.5 Å². The predicted octanol–water partition coefficient (Wildman–Crippen LogP) is 3.41. The molecular weight excluding hydrogens is 421 g/mol. The number of sulfonamides is 1. The number of esters is 1. The smallest absolute Gasteiger partial charge is 0.416 e. The van der Waals surface area contributed by atoms with Gasteiger partial charge in [0.25, 0.3) is 0 Å². The van der Waals surface area contributed by atoms with Gasteiger partial charge in [0.1, 0.15) is 18.2 Å². The lowest BCUT2D eigenvalue weighted by atomic mass is 9.94. The Bertz CT molecular complexity index is 1150. The Morgan fingerprint density at radius 1 is 1.03 bits per heavy atom. The van der Waals surface area contributed by atoms with Crippen LogP contribution in [0.15, 0.2) is 35.2 Å². The summed E-state index contributed by atoms with van der Waals surface area (Å²) >= 11 is 0. The van der Waals surface area contributed by atoms with E-state index < -0.39 is 50.9 Å². The Morgan fingerprint density at radius 3 is 2.14 bits per heavy atom. The fourth-order valence-corrected chi connectivity index (χ4v) is 3.68. The molecule has 0 saturated carbocycles. The summed E-state index contributed by atoms with van der Waals surface area (Å²) in [4.78, 5) is 10.8. The first-order valence-corrected chi connectivity index (χ1v) is 9.46. The lowest BCUT2D eigenvalue weighted by Crippen LogP contribution is -2.16. The molecule has 0 fully saturated rings. The molecule has 1 heterocycles. The minimum atomic E-state index is -4.70. The Hall–Kier alpha value is -2.79. The summed E-state index contributed by atoms with van der Waals surface area (Å²) < 4.78 is 95.4. The van der Waals surface area contributed by atoms with Gasteiger partial charge in [-0.3, -0.25) is 0 Å². The molecule has 0 unspecified atom stereocenters. The third-order valence-electron chi connectivity index (χ3n) is 4.32. The molecule has 154 valence electrons. The summed E-state index contributed by atoms with van der Waals surface area (Å²) in [6, 6.07) is 4.39. The molecule has 1 aliphatic rings. The van der Waals surface area contributed by atoms with Crippen LogP contribution in [0.1, 0.15) is 22.3 Å². The van der Waals surface area contributed by atoms with Crippen LogP contribution in [0.3, 0.4) is 0 Å². The van der Waals surface area contributed by atoms with Crippen LogP contribution in [0.25, 0.3) is 11.1 Å². The van der Waals surface area contributed by atoms with Crippen LogP contribution in [0, 0.1) is 18.6 Å². The number of hydrogen-bond acceptors (Lipinski definition) is 4. The number of alkyl halides is 3. The van der Waals surface area contributed by atoms with E-state index in [1.807, 2.05) is 0 Å². The van der Waals surface area contributed by atoms with Crippen molar-refractivity contribution in [1.29, 1.82) is 0 Å². The maximum atomic E-state index is 14.2. The highest BCUT2D eigenvalue weighted by Crippen LogP contribution is 2.38. The van der Waals surface area contributed by atoms with Gasteiger partial charge in [-0.25, -0.2) is 27.1 Å². The number of halogens is 5. The van der Waals surface area contributed by atoms with E-state index in [2.05, 4.69) is 0 Å². The Balaban J connectivity index is 2.23. The molecule has 2 N–H and O–H groups in total. The van der Waals surface area contributed by atoms with Gasteiger partial charge < -0.3 is 4.74 Å². The first kappa shape index (κ1) is 20.9. The minimum Gasteiger partial charge on any atom is -0.457 e. The Labute approximate surface area is 161 Å². The largest absolute Gasteiger partial charge is 0.457 e. The minimum absolute atomic E-state index is 0.0793. The van der Waals surface area contributed by atoms with E-state index in [9.17, 15) is 35.2 Å². The van der Waals surface area contributed by atoms with Crippen molar-refractivity contribution in [1.82, 2.24) is 0 Å². The number of aryl methyl sites for hydroxylation is 1. The second-order valence-corrected chi connectivity index (χ2v) is 7.77. The molecule has 5 nitrogen and oxygen atoms in total. The maximum Gasteiger partial charge on any atom is 0.416 e. The van der Waals surface area contributed by atoms with Crippen molar-refractivity contribution in [2.75, 3.05) is 6.61 Å². The zero-order valence-electron chi connectivity index (χ0n) is 14.6. The highest BCUT2D eigenvalue weighted by Gasteiger charge is 2.35. The molecular formula is C18H12F5NO4S. The number of hydrogen-bond donors (Lipinski definition) is 1. The summed E-state index contributed by atoms with van der Waals surface area (Å²) in [5, 5.41) is 4.77. The van der Waals surface area contributed by atoms with Gasteiger partial charge in [-0.05, 0) is 41.8 Å². The second kappa shape index (κ2) is 6.92. The zero-order valence-corrected chi connectivity index (χ0v) is 15.4. The van der Waals surface area contributed by atoms with Crippen molar-refractivity contribution in [2.24, 2.45) is 5.14 Å². The molecule has 0 aromatic heterocycles. The standard InChI is InChI=1S/C18H12F5NO4S/c1-8-2-3-9(4-12(8)18(21,22)23)15-11(7-28-17(15)25)10-5-13(19)16(14(20)6-10)29(24,26)27/h2-6H,7H2,1H3,(H2,24,26,27). The molecule has 0 amide bonds. The molecule has 29 heavy (non-hydrogen) atoms. The summed E-state index contributed by atoms with van der Waals surface area (Å²) in [6.07, 6.45) is -4.68. The average Bonchev–Trinajstić information content (AvgIpc) is 2.94. The van der Waals surface area contributed by atoms with Crippen LogP contribution >= 0.6 is 0 Å². The van der Waals surface area contributed by atoms with E-state index in [0.29, 0.717) is 12.1 Å². The zero-order chi connectivity index (χ0) is 21.7. The lowest BCUT2D eigenvalue weighted by molar-refractivity contribution is -0.138. The molecule has 2 aromatic carbocycles. The maximum absolute atomic E-state index is 14.2. The molecule has 0 radical (unpaired) electrons. The van der Waals surface area contributed by atoms with Crippen molar-refractivity contribution in [3.63, 3.8) is 0 Å². The summed E-state index contributed by atoms with van der Waals surface area (Å²) in [6.45, 7) is 0.780. The number of cyclic esters (lactones) is 1. The van der Waals surface area contributed by atoms with Gasteiger partial charge >= 0.3 is 12.1 Å². The molecule has 0 aliphatic carbocycles. The Morgan fingerprint density at radius 2 is 1.62 bits per heavy atom. The molecule has 11 heteroatoms. The van der Waals surface area contributed by atoms with Gasteiger partial charge in [-0.1, -0.05) is 12.1 Å². The number of carbonyl (C=O) groups excluding carboxylic acids is 1. The molecule has 3 rings (SSSR count). The lowest BCUT2D eigenvalue weighted by Gasteiger charge is -2.13. The van der Waals surface area contributed by atoms with Crippen LogP contribution in [-0.2, 0) is 25.7 Å². The van der Waals surface area contributed by atoms with Crippen molar-refractivity contribution in [3.8, 4) is 0 Å². The van der Waals surface area contributed by atoms with Gasteiger partial charge in [0.05, 0.1) is 11.1 Å². The Kier molecular flexibility index (Phi) is 4.99. The van der Waals surface area contributed by atoms with Gasteiger partial charge in [-0.2, -0.15) is 13.2 Å². The molecule has 1 aliphatic heterocycles. The molecule has 2 aromatic rings. The number of benzene rings is 2. The van der Waals surface area contributed by atoms with Crippen molar-refractivity contribution in [3.05, 3.63) is 64.2 Å². The summed E-state index contributed by atoms with van der Waals surface area (Å²) in [5.41, 5.74) is -1.88. The van der Waals surface area contributed by atoms with Crippen LogP contribution < -0.4 is 5.14 Å².